The number of carbonyl (C=O) groups excluding carboxylic acids is 1. The third-order valence-electron chi connectivity index (χ3n) is 4.92. The van der Waals surface area contributed by atoms with E-state index in [-0.39, 0.29) is 23.3 Å². The van der Waals surface area contributed by atoms with Gasteiger partial charge in [-0.05, 0) is 55.9 Å². The molecule has 1 amide bonds. The zero-order valence-electron chi connectivity index (χ0n) is 14.5. The summed E-state index contributed by atoms with van der Waals surface area (Å²) in [5.41, 5.74) is 1.62. The molecule has 0 aliphatic carbocycles. The summed E-state index contributed by atoms with van der Waals surface area (Å²) >= 11 is 0. The van der Waals surface area contributed by atoms with Gasteiger partial charge in [-0.3, -0.25) is 9.59 Å². The van der Waals surface area contributed by atoms with Gasteiger partial charge in [0.25, 0.3) is 5.91 Å². The maximum absolute atomic E-state index is 12.9. The van der Waals surface area contributed by atoms with Crippen LogP contribution in [0.1, 0.15) is 41.6 Å². The standard InChI is InChI=1S/C20H24N2O3/c1-21-14-16(8-12-19(21)24)20(25)22-13-3-2-4-17(22)9-5-15-6-10-18(23)11-7-15/h6-8,10-12,14,17,23H,2-5,9,13H2,1H3/t17-/m1/s1. The molecule has 0 saturated carbocycles. The largest absolute Gasteiger partial charge is 0.508 e. The molecule has 1 aromatic carbocycles. The number of aryl methyl sites for hydroxylation is 2. The number of piperidine rings is 1. The van der Waals surface area contributed by atoms with Gasteiger partial charge in [-0.2, -0.15) is 0 Å². The fourth-order valence-electron chi connectivity index (χ4n) is 3.45. The molecule has 2 heterocycles. The van der Waals surface area contributed by atoms with Gasteiger partial charge in [0.2, 0.25) is 5.56 Å². The number of likely N-dealkylation sites (tertiary alicyclic amines) is 1. The number of phenols is 1. The van der Waals surface area contributed by atoms with Crippen LogP contribution in [0.5, 0.6) is 5.75 Å². The van der Waals surface area contributed by atoms with Crippen LogP contribution in [-0.4, -0.2) is 33.1 Å². The topological polar surface area (TPSA) is 62.5 Å². The Balaban J connectivity index is 1.71. The summed E-state index contributed by atoms with van der Waals surface area (Å²) in [6.45, 7) is 0.766. The van der Waals surface area contributed by atoms with E-state index in [0.29, 0.717) is 5.56 Å². The van der Waals surface area contributed by atoms with E-state index in [1.165, 1.54) is 10.6 Å². The number of rotatable bonds is 4. The molecule has 1 aliphatic rings. The Morgan fingerprint density at radius 2 is 1.92 bits per heavy atom. The quantitative estimate of drug-likeness (QED) is 0.931. The molecule has 3 rings (SSSR count). The van der Waals surface area contributed by atoms with Crippen LogP contribution in [-0.2, 0) is 13.5 Å². The molecule has 132 valence electrons. The first kappa shape index (κ1) is 17.3. The highest BCUT2D eigenvalue weighted by Crippen LogP contribution is 2.23. The van der Waals surface area contributed by atoms with Gasteiger partial charge >= 0.3 is 0 Å². The minimum absolute atomic E-state index is 0.00556. The number of phenolic OH excluding ortho intramolecular Hbond substituents is 1. The Bertz CT molecular complexity index is 795. The first-order valence-electron chi connectivity index (χ1n) is 8.80. The second-order valence-corrected chi connectivity index (χ2v) is 6.72. The van der Waals surface area contributed by atoms with E-state index in [0.717, 1.165) is 44.2 Å². The SMILES string of the molecule is Cn1cc(C(=O)N2CCCC[C@@H]2CCc2ccc(O)cc2)ccc1=O. The average Bonchev–Trinajstić information content (AvgIpc) is 2.63. The summed E-state index contributed by atoms with van der Waals surface area (Å²) in [6.07, 6.45) is 6.57. The Morgan fingerprint density at radius 1 is 1.16 bits per heavy atom. The van der Waals surface area contributed by atoms with Gasteiger partial charge in [0.15, 0.2) is 0 Å². The number of aromatic nitrogens is 1. The minimum Gasteiger partial charge on any atom is -0.508 e. The van der Waals surface area contributed by atoms with Crippen molar-refractivity contribution in [2.45, 2.75) is 38.1 Å². The summed E-state index contributed by atoms with van der Waals surface area (Å²) in [5, 5.41) is 9.38. The van der Waals surface area contributed by atoms with Crippen LogP contribution in [0.3, 0.4) is 0 Å². The van der Waals surface area contributed by atoms with Crippen molar-refractivity contribution in [3.05, 3.63) is 64.1 Å². The van der Waals surface area contributed by atoms with Crippen LogP contribution < -0.4 is 5.56 Å². The molecule has 0 unspecified atom stereocenters. The molecule has 25 heavy (non-hydrogen) atoms. The van der Waals surface area contributed by atoms with Crippen molar-refractivity contribution in [3.8, 4) is 5.75 Å². The summed E-state index contributed by atoms with van der Waals surface area (Å²) < 4.78 is 1.45. The van der Waals surface area contributed by atoms with Gasteiger partial charge < -0.3 is 14.6 Å². The molecule has 0 spiro atoms. The number of aromatic hydroxyl groups is 1. The molecule has 1 atom stereocenters. The van der Waals surface area contributed by atoms with Gasteiger partial charge in [-0.25, -0.2) is 0 Å². The predicted molar refractivity (Wildman–Crippen MR) is 96.8 cm³/mol. The summed E-state index contributed by atoms with van der Waals surface area (Å²) in [7, 11) is 1.66. The Labute approximate surface area is 147 Å². The highest BCUT2D eigenvalue weighted by atomic mass is 16.3. The van der Waals surface area contributed by atoms with Crippen molar-refractivity contribution in [2.24, 2.45) is 7.05 Å². The fourth-order valence-corrected chi connectivity index (χ4v) is 3.45. The summed E-state index contributed by atoms with van der Waals surface area (Å²) in [5.74, 6) is 0.277. The van der Waals surface area contributed by atoms with Crippen LogP contribution in [0.2, 0.25) is 0 Å². The van der Waals surface area contributed by atoms with Gasteiger partial charge in [-0.1, -0.05) is 12.1 Å². The molecule has 0 bridgehead atoms. The van der Waals surface area contributed by atoms with Gasteiger partial charge in [0.05, 0.1) is 5.56 Å². The number of benzene rings is 1. The van der Waals surface area contributed by atoms with Crippen LogP contribution >= 0.6 is 0 Å². The van der Waals surface area contributed by atoms with Crippen molar-refractivity contribution in [1.29, 1.82) is 0 Å². The highest BCUT2D eigenvalue weighted by molar-refractivity contribution is 5.94. The number of hydrogen-bond acceptors (Lipinski definition) is 3. The molecular formula is C20H24N2O3. The Morgan fingerprint density at radius 3 is 2.64 bits per heavy atom. The molecule has 5 nitrogen and oxygen atoms in total. The van der Waals surface area contributed by atoms with Crippen LogP contribution in [0.4, 0.5) is 0 Å². The van der Waals surface area contributed by atoms with E-state index >= 15 is 0 Å². The Hall–Kier alpha value is -2.56. The molecule has 1 aliphatic heterocycles. The van der Waals surface area contributed by atoms with Gasteiger partial charge in [-0.15, -0.1) is 0 Å². The second-order valence-electron chi connectivity index (χ2n) is 6.72. The van der Waals surface area contributed by atoms with E-state index in [1.807, 2.05) is 17.0 Å². The van der Waals surface area contributed by atoms with Crippen LogP contribution in [0.15, 0.2) is 47.4 Å². The lowest BCUT2D eigenvalue weighted by atomic mass is 9.95. The summed E-state index contributed by atoms with van der Waals surface area (Å²) in [6, 6.07) is 10.5. The highest BCUT2D eigenvalue weighted by Gasteiger charge is 2.27. The van der Waals surface area contributed by atoms with E-state index in [4.69, 9.17) is 0 Å². The molecule has 0 radical (unpaired) electrons. The maximum Gasteiger partial charge on any atom is 0.255 e. The zero-order chi connectivity index (χ0) is 17.8. The van der Waals surface area contributed by atoms with Gasteiger partial charge in [0, 0.05) is 31.9 Å². The average molecular weight is 340 g/mol. The van der Waals surface area contributed by atoms with Crippen LogP contribution in [0.25, 0.3) is 0 Å². The number of amides is 1. The molecular weight excluding hydrogens is 316 g/mol. The Kier molecular flexibility index (Phi) is 5.22. The summed E-state index contributed by atoms with van der Waals surface area (Å²) in [4.78, 5) is 26.4. The lowest BCUT2D eigenvalue weighted by Gasteiger charge is -2.36. The number of nitrogens with zero attached hydrogens (tertiary/aromatic N) is 2. The fraction of sp³-hybridized carbons (Fsp3) is 0.400. The lowest BCUT2D eigenvalue weighted by Crippen LogP contribution is -2.44. The van der Waals surface area contributed by atoms with E-state index in [1.54, 1.807) is 31.4 Å². The molecule has 2 aromatic rings. The normalized spacial score (nSPS) is 17.5. The lowest BCUT2D eigenvalue weighted by molar-refractivity contribution is 0.0601. The smallest absolute Gasteiger partial charge is 0.255 e. The number of carbonyl (C=O) groups is 1. The number of hydrogen-bond donors (Lipinski definition) is 1. The van der Waals surface area contributed by atoms with Crippen molar-refractivity contribution in [3.63, 3.8) is 0 Å². The van der Waals surface area contributed by atoms with E-state index < -0.39 is 0 Å². The van der Waals surface area contributed by atoms with Crippen LogP contribution in [0, 0.1) is 0 Å². The van der Waals surface area contributed by atoms with Crippen molar-refractivity contribution in [2.75, 3.05) is 6.54 Å². The molecule has 1 N–H and O–H groups in total. The second kappa shape index (κ2) is 7.55. The van der Waals surface area contributed by atoms with Crippen molar-refractivity contribution >= 4 is 5.91 Å². The molecule has 1 aromatic heterocycles. The van der Waals surface area contributed by atoms with E-state index in [2.05, 4.69) is 0 Å². The van der Waals surface area contributed by atoms with Crippen molar-refractivity contribution in [1.82, 2.24) is 9.47 Å². The monoisotopic (exact) mass is 340 g/mol. The molecule has 1 fully saturated rings. The first-order valence-corrected chi connectivity index (χ1v) is 8.80. The zero-order valence-corrected chi connectivity index (χ0v) is 14.5. The van der Waals surface area contributed by atoms with Crippen molar-refractivity contribution < 1.29 is 9.90 Å². The number of pyridine rings is 1. The predicted octanol–water partition coefficient (Wildman–Crippen LogP) is 2.72. The maximum atomic E-state index is 12.9. The third kappa shape index (κ3) is 4.10. The molecule has 1 saturated heterocycles. The minimum atomic E-state index is -0.112. The first-order chi connectivity index (χ1) is 12.0. The van der Waals surface area contributed by atoms with Gasteiger partial charge in [0.1, 0.15) is 5.75 Å². The third-order valence-corrected chi connectivity index (χ3v) is 4.92. The van der Waals surface area contributed by atoms with E-state index in [9.17, 15) is 14.7 Å². The molecule has 5 heteroatoms.